The van der Waals surface area contributed by atoms with E-state index < -0.39 is 0 Å². The molecule has 0 aliphatic carbocycles. The third kappa shape index (κ3) is 3.11. The molecular weight excluding hydrogens is 148 g/mol. The van der Waals surface area contributed by atoms with Gasteiger partial charge in [0.15, 0.2) is 0 Å². The van der Waals surface area contributed by atoms with E-state index in [1.165, 1.54) is 32.5 Å². The third-order valence-corrected chi connectivity index (χ3v) is 2.85. The van der Waals surface area contributed by atoms with Crippen LogP contribution in [0.25, 0.3) is 0 Å². The van der Waals surface area contributed by atoms with Gasteiger partial charge in [-0.05, 0) is 44.3 Å². The largest absolute Gasteiger partial charge is 0.330 e. The van der Waals surface area contributed by atoms with Crippen LogP contribution in [-0.4, -0.2) is 31.1 Å². The van der Waals surface area contributed by atoms with Crippen LogP contribution in [0.5, 0.6) is 0 Å². The fraction of sp³-hybridized carbons (Fsp3) is 1.00. The SMILES string of the molecule is CC(CN)CCN1CCC(C)C1. The van der Waals surface area contributed by atoms with Gasteiger partial charge < -0.3 is 10.6 Å². The van der Waals surface area contributed by atoms with Crippen LogP contribution in [0.3, 0.4) is 0 Å². The molecule has 0 bridgehead atoms. The topological polar surface area (TPSA) is 29.3 Å². The number of nitrogens with zero attached hydrogens (tertiary/aromatic N) is 1. The van der Waals surface area contributed by atoms with Crippen molar-refractivity contribution in [1.29, 1.82) is 0 Å². The average molecular weight is 170 g/mol. The first-order chi connectivity index (χ1) is 5.72. The van der Waals surface area contributed by atoms with Gasteiger partial charge in [0, 0.05) is 6.54 Å². The van der Waals surface area contributed by atoms with Crippen molar-refractivity contribution in [3.63, 3.8) is 0 Å². The molecule has 2 atom stereocenters. The number of hydrogen-bond acceptors (Lipinski definition) is 2. The van der Waals surface area contributed by atoms with Crippen LogP contribution >= 0.6 is 0 Å². The summed E-state index contributed by atoms with van der Waals surface area (Å²) in [6.45, 7) is 9.27. The van der Waals surface area contributed by atoms with Gasteiger partial charge in [-0.1, -0.05) is 13.8 Å². The fourth-order valence-corrected chi connectivity index (χ4v) is 1.75. The standard InChI is InChI=1S/C10H22N2/c1-9(7-11)3-5-12-6-4-10(2)8-12/h9-10H,3-8,11H2,1-2H3. The van der Waals surface area contributed by atoms with Crippen molar-refractivity contribution in [1.82, 2.24) is 4.90 Å². The lowest BCUT2D eigenvalue weighted by atomic mass is 10.1. The number of rotatable bonds is 4. The molecule has 12 heavy (non-hydrogen) atoms. The van der Waals surface area contributed by atoms with Gasteiger partial charge >= 0.3 is 0 Å². The molecule has 1 aliphatic heterocycles. The second kappa shape index (κ2) is 4.83. The Morgan fingerprint density at radius 3 is 2.83 bits per heavy atom. The quantitative estimate of drug-likeness (QED) is 0.689. The third-order valence-electron chi connectivity index (χ3n) is 2.85. The highest BCUT2D eigenvalue weighted by Crippen LogP contribution is 2.15. The summed E-state index contributed by atoms with van der Waals surface area (Å²) in [6.07, 6.45) is 2.65. The molecule has 0 saturated carbocycles. The monoisotopic (exact) mass is 170 g/mol. The van der Waals surface area contributed by atoms with E-state index in [9.17, 15) is 0 Å². The molecule has 1 fully saturated rings. The maximum atomic E-state index is 5.57. The van der Waals surface area contributed by atoms with E-state index in [1.54, 1.807) is 0 Å². The molecule has 0 aromatic rings. The molecule has 0 radical (unpaired) electrons. The minimum atomic E-state index is 0.695. The van der Waals surface area contributed by atoms with E-state index in [2.05, 4.69) is 18.7 Å². The Labute approximate surface area is 76.1 Å². The Morgan fingerprint density at radius 1 is 1.58 bits per heavy atom. The van der Waals surface area contributed by atoms with Crippen LogP contribution in [0.2, 0.25) is 0 Å². The maximum Gasteiger partial charge on any atom is 0.000750 e. The predicted octanol–water partition coefficient (Wildman–Crippen LogP) is 1.31. The van der Waals surface area contributed by atoms with E-state index in [1.807, 2.05) is 0 Å². The Hall–Kier alpha value is -0.0800. The van der Waals surface area contributed by atoms with Gasteiger partial charge in [0.1, 0.15) is 0 Å². The van der Waals surface area contributed by atoms with E-state index in [-0.39, 0.29) is 0 Å². The maximum absolute atomic E-state index is 5.57. The minimum Gasteiger partial charge on any atom is -0.330 e. The van der Waals surface area contributed by atoms with Crippen molar-refractivity contribution in [2.45, 2.75) is 26.7 Å². The first kappa shape index (κ1) is 10.0. The molecule has 1 aliphatic rings. The molecule has 0 aromatic heterocycles. The molecule has 1 heterocycles. The van der Waals surface area contributed by atoms with Crippen LogP contribution in [0.4, 0.5) is 0 Å². The summed E-state index contributed by atoms with van der Waals surface area (Å²) >= 11 is 0. The van der Waals surface area contributed by atoms with E-state index in [0.29, 0.717) is 5.92 Å². The average Bonchev–Trinajstić information content (AvgIpc) is 2.47. The lowest BCUT2D eigenvalue weighted by molar-refractivity contribution is 0.301. The zero-order valence-corrected chi connectivity index (χ0v) is 8.42. The summed E-state index contributed by atoms with van der Waals surface area (Å²) in [5, 5.41) is 0. The van der Waals surface area contributed by atoms with Crippen LogP contribution in [0.15, 0.2) is 0 Å². The molecule has 2 unspecified atom stereocenters. The number of nitrogens with two attached hydrogens (primary N) is 1. The Bertz CT molecular complexity index is 125. The van der Waals surface area contributed by atoms with Crippen LogP contribution in [0.1, 0.15) is 26.7 Å². The predicted molar refractivity (Wildman–Crippen MR) is 53.1 cm³/mol. The summed E-state index contributed by atoms with van der Waals surface area (Å²) in [5.41, 5.74) is 5.57. The van der Waals surface area contributed by atoms with Gasteiger partial charge in [-0.25, -0.2) is 0 Å². The van der Waals surface area contributed by atoms with Crippen LogP contribution < -0.4 is 5.73 Å². The fourth-order valence-electron chi connectivity index (χ4n) is 1.75. The van der Waals surface area contributed by atoms with Crippen molar-refractivity contribution >= 4 is 0 Å². The van der Waals surface area contributed by atoms with Crippen LogP contribution in [0, 0.1) is 11.8 Å². The van der Waals surface area contributed by atoms with Gasteiger partial charge in [-0.2, -0.15) is 0 Å². The molecular formula is C10H22N2. The Morgan fingerprint density at radius 2 is 2.33 bits per heavy atom. The molecule has 0 amide bonds. The first-order valence-corrected chi connectivity index (χ1v) is 5.14. The second-order valence-electron chi connectivity index (χ2n) is 4.32. The molecule has 1 rings (SSSR count). The lowest BCUT2D eigenvalue weighted by Crippen LogP contribution is -2.24. The Kier molecular flexibility index (Phi) is 4.02. The second-order valence-corrected chi connectivity index (χ2v) is 4.32. The molecule has 0 spiro atoms. The molecule has 2 N–H and O–H groups in total. The van der Waals surface area contributed by atoms with Crippen LogP contribution in [-0.2, 0) is 0 Å². The highest BCUT2D eigenvalue weighted by atomic mass is 15.1. The van der Waals surface area contributed by atoms with Crippen molar-refractivity contribution in [3.8, 4) is 0 Å². The summed E-state index contributed by atoms with van der Waals surface area (Å²) in [6, 6.07) is 0. The van der Waals surface area contributed by atoms with Gasteiger partial charge in [0.05, 0.1) is 0 Å². The minimum absolute atomic E-state index is 0.695. The summed E-state index contributed by atoms with van der Waals surface area (Å²) in [7, 11) is 0. The summed E-state index contributed by atoms with van der Waals surface area (Å²) < 4.78 is 0. The zero-order valence-electron chi connectivity index (χ0n) is 8.42. The van der Waals surface area contributed by atoms with E-state index >= 15 is 0 Å². The zero-order chi connectivity index (χ0) is 8.97. The van der Waals surface area contributed by atoms with Gasteiger partial charge in [-0.3, -0.25) is 0 Å². The number of hydrogen-bond donors (Lipinski definition) is 1. The summed E-state index contributed by atoms with van der Waals surface area (Å²) in [4.78, 5) is 2.57. The van der Waals surface area contributed by atoms with E-state index in [0.717, 1.165) is 12.5 Å². The molecule has 2 nitrogen and oxygen atoms in total. The van der Waals surface area contributed by atoms with Gasteiger partial charge in [0.25, 0.3) is 0 Å². The van der Waals surface area contributed by atoms with Crippen molar-refractivity contribution in [2.24, 2.45) is 17.6 Å². The molecule has 72 valence electrons. The lowest BCUT2D eigenvalue weighted by Gasteiger charge is -2.17. The first-order valence-electron chi connectivity index (χ1n) is 5.14. The molecule has 0 aromatic carbocycles. The van der Waals surface area contributed by atoms with Gasteiger partial charge in [-0.15, -0.1) is 0 Å². The van der Waals surface area contributed by atoms with E-state index in [4.69, 9.17) is 5.73 Å². The normalized spacial score (nSPS) is 27.8. The molecule has 2 heteroatoms. The highest BCUT2D eigenvalue weighted by Gasteiger charge is 2.18. The number of likely N-dealkylation sites (tertiary alicyclic amines) is 1. The smallest absolute Gasteiger partial charge is 0.000750 e. The van der Waals surface area contributed by atoms with Crippen molar-refractivity contribution in [2.75, 3.05) is 26.2 Å². The highest BCUT2D eigenvalue weighted by molar-refractivity contribution is 4.72. The molecule has 1 saturated heterocycles. The van der Waals surface area contributed by atoms with Gasteiger partial charge in [0.2, 0.25) is 0 Å². The Balaban J connectivity index is 2.07. The van der Waals surface area contributed by atoms with Crippen molar-refractivity contribution < 1.29 is 0 Å². The summed E-state index contributed by atoms with van der Waals surface area (Å²) in [5.74, 6) is 1.61. The van der Waals surface area contributed by atoms with Crippen molar-refractivity contribution in [3.05, 3.63) is 0 Å².